The van der Waals surface area contributed by atoms with Gasteiger partial charge in [0, 0.05) is 17.3 Å². The molecule has 0 spiro atoms. The molecule has 3 N–H and O–H groups in total. The van der Waals surface area contributed by atoms with Crippen molar-refractivity contribution in [2.75, 3.05) is 0 Å². The highest BCUT2D eigenvalue weighted by Gasteiger charge is 2.18. The molecule has 1 heterocycles. The standard InChI is InChI=1S/C20H18ClN3O3/c21-16-3-1-2-15(11-16)14-6-4-13(5-7-14)10-17(12-19(25)26)23-20(27)18-8-9-22-24-18/h1-9,11,17H,10,12H2,(H,22,24)(H,23,27)(H,25,26)/t17-/m1/s1. The molecule has 27 heavy (non-hydrogen) atoms. The minimum absolute atomic E-state index is 0.171. The van der Waals surface area contributed by atoms with Crippen molar-refractivity contribution in [3.05, 3.63) is 77.1 Å². The molecule has 0 saturated carbocycles. The van der Waals surface area contributed by atoms with E-state index < -0.39 is 12.0 Å². The Morgan fingerprint density at radius 2 is 1.89 bits per heavy atom. The highest BCUT2D eigenvalue weighted by atomic mass is 35.5. The Balaban J connectivity index is 1.71. The zero-order valence-electron chi connectivity index (χ0n) is 14.4. The van der Waals surface area contributed by atoms with Crippen LogP contribution in [0.3, 0.4) is 0 Å². The first-order valence-corrected chi connectivity index (χ1v) is 8.76. The number of H-pyrrole nitrogens is 1. The molecule has 2 aromatic carbocycles. The largest absolute Gasteiger partial charge is 0.481 e. The average Bonchev–Trinajstić information content (AvgIpc) is 3.16. The van der Waals surface area contributed by atoms with Gasteiger partial charge in [-0.25, -0.2) is 0 Å². The zero-order chi connectivity index (χ0) is 19.2. The van der Waals surface area contributed by atoms with E-state index in [0.717, 1.165) is 16.7 Å². The first-order valence-electron chi connectivity index (χ1n) is 8.38. The molecular weight excluding hydrogens is 366 g/mol. The Kier molecular flexibility index (Phi) is 5.88. The predicted octanol–water partition coefficient (Wildman–Crippen LogP) is 3.55. The Morgan fingerprint density at radius 1 is 1.11 bits per heavy atom. The highest BCUT2D eigenvalue weighted by Crippen LogP contribution is 2.23. The average molecular weight is 384 g/mol. The van der Waals surface area contributed by atoms with E-state index in [1.165, 1.54) is 12.3 Å². The molecule has 0 unspecified atom stereocenters. The number of aliphatic carboxylic acids is 1. The summed E-state index contributed by atoms with van der Waals surface area (Å²) >= 11 is 6.03. The molecule has 1 atom stereocenters. The number of amides is 1. The van der Waals surface area contributed by atoms with Crippen molar-refractivity contribution in [2.45, 2.75) is 18.9 Å². The van der Waals surface area contributed by atoms with E-state index in [1.807, 2.05) is 48.5 Å². The topological polar surface area (TPSA) is 95.1 Å². The molecule has 1 aromatic heterocycles. The Hall–Kier alpha value is -3.12. The van der Waals surface area contributed by atoms with E-state index in [-0.39, 0.29) is 12.3 Å². The van der Waals surface area contributed by atoms with Crippen LogP contribution in [0.1, 0.15) is 22.5 Å². The first kappa shape index (κ1) is 18.7. The summed E-state index contributed by atoms with van der Waals surface area (Å²) in [7, 11) is 0. The van der Waals surface area contributed by atoms with Crippen LogP contribution in [0.5, 0.6) is 0 Å². The van der Waals surface area contributed by atoms with Gasteiger partial charge in [0.1, 0.15) is 5.69 Å². The molecule has 7 heteroatoms. The van der Waals surface area contributed by atoms with Gasteiger partial charge in [0.25, 0.3) is 5.91 Å². The summed E-state index contributed by atoms with van der Waals surface area (Å²) in [5, 5.41) is 18.8. The number of carbonyl (C=O) groups is 2. The lowest BCUT2D eigenvalue weighted by molar-refractivity contribution is -0.137. The van der Waals surface area contributed by atoms with Gasteiger partial charge in [0.2, 0.25) is 0 Å². The summed E-state index contributed by atoms with van der Waals surface area (Å²) in [4.78, 5) is 23.3. The van der Waals surface area contributed by atoms with Crippen molar-refractivity contribution in [1.29, 1.82) is 0 Å². The predicted molar refractivity (Wildman–Crippen MR) is 103 cm³/mol. The molecule has 0 aliphatic carbocycles. The van der Waals surface area contributed by atoms with Crippen molar-refractivity contribution >= 4 is 23.5 Å². The summed E-state index contributed by atoms with van der Waals surface area (Å²) in [6.07, 6.45) is 1.70. The Labute approximate surface area is 161 Å². The molecule has 138 valence electrons. The molecule has 0 fully saturated rings. The van der Waals surface area contributed by atoms with Crippen LogP contribution in [-0.2, 0) is 11.2 Å². The Morgan fingerprint density at radius 3 is 2.52 bits per heavy atom. The van der Waals surface area contributed by atoms with Crippen LogP contribution in [0.4, 0.5) is 0 Å². The van der Waals surface area contributed by atoms with Gasteiger partial charge in [-0.1, -0.05) is 48.0 Å². The quantitative estimate of drug-likeness (QED) is 0.581. The number of nitrogens with one attached hydrogen (secondary N) is 2. The second-order valence-corrected chi connectivity index (χ2v) is 6.59. The maximum atomic E-state index is 12.2. The monoisotopic (exact) mass is 383 g/mol. The van der Waals surface area contributed by atoms with Crippen LogP contribution >= 0.6 is 11.6 Å². The maximum Gasteiger partial charge on any atom is 0.305 e. The lowest BCUT2D eigenvalue weighted by Gasteiger charge is -2.17. The van der Waals surface area contributed by atoms with Crippen molar-refractivity contribution in [3.63, 3.8) is 0 Å². The van der Waals surface area contributed by atoms with Gasteiger partial charge in [0.05, 0.1) is 6.42 Å². The molecule has 0 saturated heterocycles. The molecule has 0 aliphatic heterocycles. The summed E-state index contributed by atoms with van der Waals surface area (Å²) < 4.78 is 0. The SMILES string of the molecule is O=C(O)C[C@@H](Cc1ccc(-c2cccc(Cl)c2)cc1)NC(=O)c1ccn[nH]1. The number of benzene rings is 2. The number of hydrogen-bond acceptors (Lipinski definition) is 3. The number of carboxylic acids is 1. The third-order valence-electron chi connectivity index (χ3n) is 4.10. The smallest absolute Gasteiger partial charge is 0.305 e. The number of carbonyl (C=O) groups excluding carboxylic acids is 1. The van der Waals surface area contributed by atoms with Gasteiger partial charge in [-0.3, -0.25) is 14.7 Å². The normalized spacial score (nSPS) is 11.7. The number of hydrogen-bond donors (Lipinski definition) is 3. The van der Waals surface area contributed by atoms with Gasteiger partial charge in [-0.05, 0) is 41.3 Å². The fourth-order valence-corrected chi connectivity index (χ4v) is 3.01. The summed E-state index contributed by atoms with van der Waals surface area (Å²) in [5.41, 5.74) is 3.24. The number of carboxylic acid groups (broad SMARTS) is 1. The van der Waals surface area contributed by atoms with Gasteiger partial charge in [-0.2, -0.15) is 5.10 Å². The molecule has 1 amide bonds. The first-order chi connectivity index (χ1) is 13.0. The third kappa shape index (κ3) is 5.18. The van der Waals surface area contributed by atoms with E-state index in [0.29, 0.717) is 17.1 Å². The van der Waals surface area contributed by atoms with Crippen LogP contribution < -0.4 is 5.32 Å². The number of nitrogens with zero attached hydrogens (tertiary/aromatic N) is 1. The highest BCUT2D eigenvalue weighted by molar-refractivity contribution is 6.30. The fourth-order valence-electron chi connectivity index (χ4n) is 2.82. The molecule has 0 aliphatic rings. The van der Waals surface area contributed by atoms with Crippen molar-refractivity contribution in [1.82, 2.24) is 15.5 Å². The van der Waals surface area contributed by atoms with E-state index in [4.69, 9.17) is 16.7 Å². The fraction of sp³-hybridized carbons (Fsp3) is 0.150. The number of rotatable bonds is 7. The molecule has 0 bridgehead atoms. The summed E-state index contributed by atoms with van der Waals surface area (Å²) in [6.45, 7) is 0. The molecule has 3 aromatic rings. The summed E-state index contributed by atoms with van der Waals surface area (Å²) in [5.74, 6) is -1.35. The molecule has 3 rings (SSSR count). The van der Waals surface area contributed by atoms with E-state index >= 15 is 0 Å². The van der Waals surface area contributed by atoms with E-state index in [1.54, 1.807) is 0 Å². The van der Waals surface area contributed by atoms with Crippen LogP contribution in [0, 0.1) is 0 Å². The number of halogens is 1. The van der Waals surface area contributed by atoms with Gasteiger partial charge >= 0.3 is 5.97 Å². The van der Waals surface area contributed by atoms with Crippen molar-refractivity contribution < 1.29 is 14.7 Å². The third-order valence-corrected chi connectivity index (χ3v) is 4.33. The number of aromatic amines is 1. The summed E-state index contributed by atoms with van der Waals surface area (Å²) in [6, 6.07) is 16.3. The molecule has 0 radical (unpaired) electrons. The van der Waals surface area contributed by atoms with Crippen LogP contribution in [0.15, 0.2) is 60.8 Å². The van der Waals surface area contributed by atoms with E-state index in [2.05, 4.69) is 15.5 Å². The van der Waals surface area contributed by atoms with Crippen LogP contribution in [-0.4, -0.2) is 33.2 Å². The van der Waals surface area contributed by atoms with Crippen molar-refractivity contribution in [2.24, 2.45) is 0 Å². The Bertz CT molecular complexity index is 924. The maximum absolute atomic E-state index is 12.2. The second-order valence-electron chi connectivity index (χ2n) is 6.15. The molecule has 6 nitrogen and oxygen atoms in total. The zero-order valence-corrected chi connectivity index (χ0v) is 15.1. The van der Waals surface area contributed by atoms with Crippen LogP contribution in [0.2, 0.25) is 5.02 Å². The van der Waals surface area contributed by atoms with Gasteiger partial charge in [-0.15, -0.1) is 0 Å². The second kappa shape index (κ2) is 8.51. The van der Waals surface area contributed by atoms with Gasteiger partial charge < -0.3 is 10.4 Å². The lowest BCUT2D eigenvalue weighted by atomic mass is 9.99. The van der Waals surface area contributed by atoms with Crippen LogP contribution in [0.25, 0.3) is 11.1 Å². The van der Waals surface area contributed by atoms with Crippen molar-refractivity contribution in [3.8, 4) is 11.1 Å². The number of aromatic nitrogens is 2. The van der Waals surface area contributed by atoms with E-state index in [9.17, 15) is 9.59 Å². The minimum atomic E-state index is -0.972. The van der Waals surface area contributed by atoms with Gasteiger partial charge in [0.15, 0.2) is 0 Å². The minimum Gasteiger partial charge on any atom is -0.481 e. The lowest BCUT2D eigenvalue weighted by Crippen LogP contribution is -2.38. The molecular formula is C20H18ClN3O3.